The van der Waals surface area contributed by atoms with Gasteiger partial charge < -0.3 is 10.4 Å². The molecule has 2 aromatic rings. The molecule has 0 saturated carbocycles. The Kier molecular flexibility index (Phi) is 5.15. The highest BCUT2D eigenvalue weighted by Gasteiger charge is 2.28. The molecule has 2 N–H and O–H groups in total. The fraction of sp³-hybridized carbons (Fsp3) is 0.200. The van der Waals surface area contributed by atoms with Crippen molar-refractivity contribution >= 4 is 44.8 Å². The summed E-state index contributed by atoms with van der Waals surface area (Å²) in [6.45, 7) is 1.58. The number of anilines is 1. The Bertz CT molecular complexity index is 668. The van der Waals surface area contributed by atoms with Crippen LogP contribution in [-0.4, -0.2) is 11.7 Å². The molecular weight excluding hydrogens is 380 g/mol. The number of benzene rings is 2. The summed E-state index contributed by atoms with van der Waals surface area (Å²) < 4.78 is 13.9. The van der Waals surface area contributed by atoms with Crippen LogP contribution in [0.2, 0.25) is 10.0 Å². The summed E-state index contributed by atoms with van der Waals surface area (Å²) in [7, 11) is 0. The van der Waals surface area contributed by atoms with E-state index in [0.29, 0.717) is 10.6 Å². The third-order valence-corrected chi connectivity index (χ3v) is 4.71. The van der Waals surface area contributed by atoms with E-state index in [-0.39, 0.29) is 11.6 Å². The lowest BCUT2D eigenvalue weighted by Gasteiger charge is -2.31. The van der Waals surface area contributed by atoms with Crippen molar-refractivity contribution in [1.82, 2.24) is 0 Å². The highest BCUT2D eigenvalue weighted by atomic mass is 79.9. The SMILES string of the molecule is CC(CO)(Nc1ccc(Cl)c(Br)c1)c1ccc(F)cc1Cl. The van der Waals surface area contributed by atoms with Crippen LogP contribution in [0.3, 0.4) is 0 Å². The first-order chi connectivity index (χ1) is 9.85. The smallest absolute Gasteiger partial charge is 0.124 e. The molecule has 2 nitrogen and oxygen atoms in total. The summed E-state index contributed by atoms with van der Waals surface area (Å²) in [6, 6.07) is 9.43. The van der Waals surface area contributed by atoms with E-state index in [1.807, 2.05) is 0 Å². The molecule has 112 valence electrons. The minimum absolute atomic E-state index is 0.210. The van der Waals surface area contributed by atoms with Gasteiger partial charge in [-0.1, -0.05) is 29.3 Å². The van der Waals surface area contributed by atoms with Crippen LogP contribution in [0.15, 0.2) is 40.9 Å². The predicted octanol–water partition coefficient (Wildman–Crippen LogP) is 5.21. The zero-order valence-corrected chi connectivity index (χ0v) is 14.2. The Morgan fingerprint density at radius 1 is 1.19 bits per heavy atom. The fourth-order valence-electron chi connectivity index (χ4n) is 2.02. The van der Waals surface area contributed by atoms with Gasteiger partial charge in [0.25, 0.3) is 0 Å². The molecule has 2 aromatic carbocycles. The topological polar surface area (TPSA) is 32.3 Å². The molecule has 0 aromatic heterocycles. The van der Waals surface area contributed by atoms with E-state index in [1.165, 1.54) is 12.1 Å². The molecule has 0 fully saturated rings. The Morgan fingerprint density at radius 2 is 1.90 bits per heavy atom. The van der Waals surface area contributed by atoms with Crippen molar-refractivity contribution in [3.63, 3.8) is 0 Å². The first-order valence-corrected chi connectivity index (χ1v) is 7.70. The lowest BCUT2D eigenvalue weighted by molar-refractivity contribution is 0.224. The van der Waals surface area contributed by atoms with E-state index < -0.39 is 11.4 Å². The first kappa shape index (κ1) is 16.6. The number of nitrogens with one attached hydrogen (secondary N) is 1. The maximum atomic E-state index is 13.2. The van der Waals surface area contributed by atoms with Crippen molar-refractivity contribution in [2.75, 3.05) is 11.9 Å². The Labute approximate surface area is 141 Å². The van der Waals surface area contributed by atoms with Gasteiger partial charge in [0, 0.05) is 15.2 Å². The van der Waals surface area contributed by atoms with Crippen LogP contribution in [0.4, 0.5) is 10.1 Å². The van der Waals surface area contributed by atoms with Gasteiger partial charge in [0.2, 0.25) is 0 Å². The Morgan fingerprint density at radius 3 is 2.48 bits per heavy atom. The zero-order valence-electron chi connectivity index (χ0n) is 11.1. The van der Waals surface area contributed by atoms with E-state index in [9.17, 15) is 9.50 Å². The van der Waals surface area contributed by atoms with Gasteiger partial charge in [-0.2, -0.15) is 0 Å². The third-order valence-electron chi connectivity index (χ3n) is 3.18. The van der Waals surface area contributed by atoms with E-state index >= 15 is 0 Å². The molecule has 0 saturated heterocycles. The summed E-state index contributed by atoms with van der Waals surface area (Å²) >= 11 is 15.4. The summed E-state index contributed by atoms with van der Waals surface area (Å²) in [5, 5.41) is 13.8. The van der Waals surface area contributed by atoms with E-state index in [0.717, 1.165) is 10.2 Å². The van der Waals surface area contributed by atoms with Gasteiger partial charge in [-0.05, 0) is 58.7 Å². The lowest BCUT2D eigenvalue weighted by Crippen LogP contribution is -2.36. The number of aliphatic hydroxyl groups is 1. The quantitative estimate of drug-likeness (QED) is 0.747. The van der Waals surface area contributed by atoms with E-state index in [4.69, 9.17) is 23.2 Å². The lowest BCUT2D eigenvalue weighted by atomic mass is 9.92. The standard InChI is InChI=1S/C15H13BrCl2FNO/c1-15(8-21,11-4-2-9(19)6-14(11)18)20-10-3-5-13(17)12(16)7-10/h2-7,20-21H,8H2,1H3. The molecule has 1 atom stereocenters. The second-order valence-corrected chi connectivity index (χ2v) is 6.54. The van der Waals surface area contributed by atoms with Crippen LogP contribution in [0.1, 0.15) is 12.5 Å². The number of rotatable bonds is 4. The maximum absolute atomic E-state index is 13.2. The van der Waals surface area contributed by atoms with Gasteiger partial charge in [-0.25, -0.2) is 4.39 Å². The molecule has 2 rings (SSSR count). The monoisotopic (exact) mass is 391 g/mol. The maximum Gasteiger partial charge on any atom is 0.124 e. The highest BCUT2D eigenvalue weighted by Crippen LogP contribution is 2.33. The average Bonchev–Trinajstić information content (AvgIpc) is 2.42. The molecular formula is C15H13BrCl2FNO. The van der Waals surface area contributed by atoms with Crippen molar-refractivity contribution in [2.24, 2.45) is 0 Å². The van der Waals surface area contributed by atoms with Crippen molar-refractivity contribution in [3.8, 4) is 0 Å². The zero-order chi connectivity index (χ0) is 15.6. The minimum atomic E-state index is -0.849. The van der Waals surface area contributed by atoms with Gasteiger partial charge in [0.1, 0.15) is 5.82 Å². The summed E-state index contributed by atoms with van der Waals surface area (Å²) in [4.78, 5) is 0. The molecule has 0 bridgehead atoms. The molecule has 0 heterocycles. The molecule has 0 aliphatic carbocycles. The minimum Gasteiger partial charge on any atom is -0.394 e. The summed E-state index contributed by atoms with van der Waals surface area (Å²) in [5.74, 6) is -0.418. The Hall–Kier alpha value is -0.810. The van der Waals surface area contributed by atoms with Crippen LogP contribution in [-0.2, 0) is 5.54 Å². The molecule has 0 radical (unpaired) electrons. The highest BCUT2D eigenvalue weighted by molar-refractivity contribution is 9.10. The molecule has 1 unspecified atom stereocenters. The summed E-state index contributed by atoms with van der Waals surface area (Å²) in [6.07, 6.45) is 0. The van der Waals surface area contributed by atoms with Crippen LogP contribution < -0.4 is 5.32 Å². The molecule has 0 aliphatic rings. The number of halogens is 4. The van der Waals surface area contributed by atoms with Crippen LogP contribution >= 0.6 is 39.1 Å². The second-order valence-electron chi connectivity index (χ2n) is 4.87. The van der Waals surface area contributed by atoms with Crippen molar-refractivity contribution in [1.29, 1.82) is 0 Å². The molecule has 0 spiro atoms. The molecule has 0 aliphatic heterocycles. The van der Waals surface area contributed by atoms with Gasteiger partial charge in [0.05, 0.1) is 17.2 Å². The second kappa shape index (κ2) is 6.53. The molecule has 6 heteroatoms. The van der Waals surface area contributed by atoms with Crippen LogP contribution in [0.25, 0.3) is 0 Å². The van der Waals surface area contributed by atoms with Gasteiger partial charge >= 0.3 is 0 Å². The van der Waals surface area contributed by atoms with Gasteiger partial charge in [-0.3, -0.25) is 0 Å². The first-order valence-electron chi connectivity index (χ1n) is 6.15. The predicted molar refractivity (Wildman–Crippen MR) is 88.6 cm³/mol. The fourth-order valence-corrected chi connectivity index (χ4v) is 2.89. The Balaban J connectivity index is 2.38. The van der Waals surface area contributed by atoms with Crippen molar-refractivity contribution < 1.29 is 9.50 Å². The van der Waals surface area contributed by atoms with Gasteiger partial charge in [-0.15, -0.1) is 0 Å². The number of aliphatic hydroxyl groups excluding tert-OH is 1. The van der Waals surface area contributed by atoms with Crippen LogP contribution in [0.5, 0.6) is 0 Å². The normalized spacial score (nSPS) is 13.8. The third kappa shape index (κ3) is 3.69. The number of hydrogen-bond donors (Lipinski definition) is 2. The van der Waals surface area contributed by atoms with E-state index in [2.05, 4.69) is 21.2 Å². The van der Waals surface area contributed by atoms with Crippen LogP contribution in [0, 0.1) is 5.82 Å². The van der Waals surface area contributed by atoms with E-state index in [1.54, 1.807) is 31.2 Å². The van der Waals surface area contributed by atoms with Gasteiger partial charge in [0.15, 0.2) is 0 Å². The molecule has 21 heavy (non-hydrogen) atoms. The number of hydrogen-bond acceptors (Lipinski definition) is 2. The average molecular weight is 393 g/mol. The molecule has 0 amide bonds. The van der Waals surface area contributed by atoms with Crippen molar-refractivity contribution in [3.05, 3.63) is 62.3 Å². The largest absolute Gasteiger partial charge is 0.394 e. The van der Waals surface area contributed by atoms with Crippen molar-refractivity contribution in [2.45, 2.75) is 12.5 Å². The summed E-state index contributed by atoms with van der Waals surface area (Å²) in [5.41, 5.74) is 0.514.